The Bertz CT molecular complexity index is 581. The Labute approximate surface area is 137 Å². The van der Waals surface area contributed by atoms with Gasteiger partial charge < -0.3 is 4.74 Å². The fraction of sp³-hybridized carbons (Fsp3) is 0.294. The maximum absolute atomic E-state index is 5.68. The van der Waals surface area contributed by atoms with Gasteiger partial charge in [0, 0.05) is 0 Å². The van der Waals surface area contributed by atoms with Crippen LogP contribution in [0.1, 0.15) is 34.9 Å². The number of hydrogen-bond acceptors (Lipinski definition) is 1. The molecule has 0 bridgehead atoms. The molecular formula is C17H18Br2O. The zero-order chi connectivity index (χ0) is 14.5. The van der Waals surface area contributed by atoms with Gasteiger partial charge in [0.1, 0.15) is 5.75 Å². The fourth-order valence-corrected chi connectivity index (χ4v) is 3.10. The van der Waals surface area contributed by atoms with Crippen LogP contribution in [0.25, 0.3) is 0 Å². The van der Waals surface area contributed by atoms with E-state index in [4.69, 9.17) is 4.74 Å². The lowest BCUT2D eigenvalue weighted by atomic mass is 10.0. The maximum atomic E-state index is 5.68. The average Bonchev–Trinajstić information content (AvgIpc) is 2.45. The predicted molar refractivity (Wildman–Crippen MR) is 91.9 cm³/mol. The lowest BCUT2D eigenvalue weighted by Crippen LogP contribution is -1.98. The van der Waals surface area contributed by atoms with Crippen LogP contribution in [0.5, 0.6) is 5.75 Å². The normalized spacial score (nSPS) is 12.2. The molecule has 1 unspecified atom stereocenters. The third kappa shape index (κ3) is 3.86. The van der Waals surface area contributed by atoms with Crippen molar-refractivity contribution in [2.45, 2.75) is 25.1 Å². The van der Waals surface area contributed by atoms with Crippen molar-refractivity contribution in [2.24, 2.45) is 0 Å². The van der Waals surface area contributed by atoms with E-state index in [1.165, 1.54) is 16.7 Å². The van der Waals surface area contributed by atoms with E-state index >= 15 is 0 Å². The highest BCUT2D eigenvalue weighted by Gasteiger charge is 2.12. The maximum Gasteiger partial charge on any atom is 0.133 e. The SMILES string of the molecule is CCCOc1ccc(C(Br)c2cccc(C)c2)cc1Br. The summed E-state index contributed by atoms with van der Waals surface area (Å²) in [6, 6.07) is 14.8. The number of alkyl halides is 1. The first-order valence-electron chi connectivity index (χ1n) is 6.74. The highest BCUT2D eigenvalue weighted by molar-refractivity contribution is 9.10. The molecule has 0 N–H and O–H groups in total. The molecule has 3 heteroatoms. The van der Waals surface area contributed by atoms with Gasteiger partial charge in [-0.15, -0.1) is 0 Å². The Kier molecular flexibility index (Phi) is 5.67. The molecule has 0 heterocycles. The van der Waals surface area contributed by atoms with Crippen LogP contribution in [0.4, 0.5) is 0 Å². The minimum Gasteiger partial charge on any atom is -0.492 e. The van der Waals surface area contributed by atoms with Gasteiger partial charge in [0.05, 0.1) is 15.9 Å². The van der Waals surface area contributed by atoms with E-state index in [0.717, 1.165) is 23.2 Å². The van der Waals surface area contributed by atoms with Crippen molar-refractivity contribution in [1.29, 1.82) is 0 Å². The van der Waals surface area contributed by atoms with Crippen molar-refractivity contribution in [3.63, 3.8) is 0 Å². The fourth-order valence-electron chi connectivity index (χ4n) is 2.02. The van der Waals surface area contributed by atoms with Gasteiger partial charge in [0.2, 0.25) is 0 Å². The van der Waals surface area contributed by atoms with Crippen molar-refractivity contribution < 1.29 is 4.74 Å². The Hall–Kier alpha value is -0.800. The predicted octanol–water partition coefficient (Wildman–Crippen LogP) is 6.03. The van der Waals surface area contributed by atoms with Crippen LogP contribution in [0, 0.1) is 6.92 Å². The zero-order valence-corrected chi connectivity index (χ0v) is 14.9. The molecular weight excluding hydrogens is 380 g/mol. The molecule has 2 aromatic rings. The lowest BCUT2D eigenvalue weighted by Gasteiger charge is -2.14. The summed E-state index contributed by atoms with van der Waals surface area (Å²) in [5, 5.41) is 0. The molecule has 0 aliphatic carbocycles. The number of hydrogen-bond donors (Lipinski definition) is 0. The molecule has 0 spiro atoms. The Balaban J connectivity index is 2.22. The van der Waals surface area contributed by atoms with Crippen molar-refractivity contribution in [3.8, 4) is 5.75 Å². The summed E-state index contributed by atoms with van der Waals surface area (Å²) in [5.41, 5.74) is 3.75. The summed E-state index contributed by atoms with van der Waals surface area (Å²) in [5.74, 6) is 0.902. The van der Waals surface area contributed by atoms with E-state index in [-0.39, 0.29) is 4.83 Å². The second kappa shape index (κ2) is 7.28. The summed E-state index contributed by atoms with van der Waals surface area (Å²) < 4.78 is 6.68. The summed E-state index contributed by atoms with van der Waals surface area (Å²) >= 11 is 7.36. The summed E-state index contributed by atoms with van der Waals surface area (Å²) in [6.45, 7) is 4.96. The highest BCUT2D eigenvalue weighted by atomic mass is 79.9. The minimum absolute atomic E-state index is 0.193. The third-order valence-electron chi connectivity index (χ3n) is 3.05. The Morgan fingerprint density at radius 1 is 1.10 bits per heavy atom. The quantitative estimate of drug-likeness (QED) is 0.559. The molecule has 0 aliphatic rings. The van der Waals surface area contributed by atoms with Gasteiger partial charge >= 0.3 is 0 Å². The van der Waals surface area contributed by atoms with Crippen LogP contribution in [-0.4, -0.2) is 6.61 Å². The second-order valence-corrected chi connectivity index (χ2v) is 6.59. The van der Waals surface area contributed by atoms with Crippen molar-refractivity contribution >= 4 is 31.9 Å². The van der Waals surface area contributed by atoms with Crippen molar-refractivity contribution in [2.75, 3.05) is 6.61 Å². The van der Waals surface area contributed by atoms with Gasteiger partial charge in [-0.1, -0.05) is 58.7 Å². The molecule has 0 radical (unpaired) electrons. The highest BCUT2D eigenvalue weighted by Crippen LogP contribution is 2.35. The number of rotatable bonds is 5. The zero-order valence-electron chi connectivity index (χ0n) is 11.7. The van der Waals surface area contributed by atoms with Gasteiger partial charge in [0.25, 0.3) is 0 Å². The molecule has 106 valence electrons. The summed E-state index contributed by atoms with van der Waals surface area (Å²) in [6.07, 6.45) is 1.01. The molecule has 1 atom stereocenters. The first-order valence-corrected chi connectivity index (χ1v) is 8.45. The van der Waals surface area contributed by atoms with E-state index in [0.29, 0.717) is 0 Å². The minimum atomic E-state index is 0.193. The Morgan fingerprint density at radius 2 is 1.85 bits per heavy atom. The van der Waals surface area contributed by atoms with Gasteiger partial charge in [0.15, 0.2) is 0 Å². The van der Waals surface area contributed by atoms with Gasteiger partial charge in [-0.25, -0.2) is 0 Å². The van der Waals surface area contributed by atoms with Gasteiger partial charge in [-0.05, 0) is 52.5 Å². The van der Waals surface area contributed by atoms with Crippen LogP contribution in [0.3, 0.4) is 0 Å². The van der Waals surface area contributed by atoms with Gasteiger partial charge in [-0.2, -0.15) is 0 Å². The average molecular weight is 398 g/mol. The van der Waals surface area contributed by atoms with Crippen LogP contribution in [0.2, 0.25) is 0 Å². The van der Waals surface area contributed by atoms with Crippen molar-refractivity contribution in [1.82, 2.24) is 0 Å². The topological polar surface area (TPSA) is 9.23 Å². The first kappa shape index (κ1) is 15.6. The number of aryl methyl sites for hydroxylation is 1. The molecule has 0 aliphatic heterocycles. The molecule has 2 aromatic carbocycles. The van der Waals surface area contributed by atoms with Crippen molar-refractivity contribution in [3.05, 3.63) is 63.6 Å². The number of ether oxygens (including phenoxy) is 1. The summed E-state index contributed by atoms with van der Waals surface area (Å²) in [4.78, 5) is 0.193. The van der Waals surface area contributed by atoms with Crippen LogP contribution in [-0.2, 0) is 0 Å². The Morgan fingerprint density at radius 3 is 2.50 bits per heavy atom. The van der Waals surface area contributed by atoms with E-state index in [9.17, 15) is 0 Å². The lowest BCUT2D eigenvalue weighted by molar-refractivity contribution is 0.315. The largest absolute Gasteiger partial charge is 0.492 e. The van der Waals surface area contributed by atoms with Gasteiger partial charge in [-0.3, -0.25) is 0 Å². The first-order chi connectivity index (χ1) is 9.61. The second-order valence-electron chi connectivity index (χ2n) is 4.82. The molecule has 0 amide bonds. The monoisotopic (exact) mass is 396 g/mol. The third-order valence-corrected chi connectivity index (χ3v) is 4.72. The molecule has 0 aromatic heterocycles. The molecule has 0 saturated carbocycles. The number of halogens is 2. The summed E-state index contributed by atoms with van der Waals surface area (Å²) in [7, 11) is 0. The molecule has 0 saturated heterocycles. The van der Waals surface area contributed by atoms with E-state index in [1.807, 2.05) is 6.07 Å². The van der Waals surface area contributed by atoms with Crippen LogP contribution >= 0.6 is 31.9 Å². The van der Waals surface area contributed by atoms with E-state index in [2.05, 4.69) is 82.1 Å². The standard InChI is InChI=1S/C17H18Br2O/c1-3-9-20-16-8-7-14(11-15(16)18)17(19)13-6-4-5-12(2)10-13/h4-8,10-11,17H,3,9H2,1-2H3. The van der Waals surface area contributed by atoms with E-state index in [1.54, 1.807) is 0 Å². The molecule has 0 fully saturated rings. The smallest absolute Gasteiger partial charge is 0.133 e. The van der Waals surface area contributed by atoms with Crippen LogP contribution in [0.15, 0.2) is 46.9 Å². The molecule has 20 heavy (non-hydrogen) atoms. The van der Waals surface area contributed by atoms with Crippen LogP contribution < -0.4 is 4.74 Å². The molecule has 2 rings (SSSR count). The molecule has 1 nitrogen and oxygen atoms in total. The number of benzene rings is 2. The van der Waals surface area contributed by atoms with E-state index < -0.39 is 0 Å².